The number of aromatic nitrogens is 2. The molecular formula is C24H29N3O5. The fraction of sp³-hybridized carbons (Fsp3) is 0.375. The van der Waals surface area contributed by atoms with Gasteiger partial charge in [-0.1, -0.05) is 52.0 Å². The number of anilines is 1. The summed E-state index contributed by atoms with van der Waals surface area (Å²) in [7, 11) is 0. The lowest BCUT2D eigenvalue weighted by atomic mass is 10.2. The molecular weight excluding hydrogens is 410 g/mol. The smallest absolute Gasteiger partial charge is 0.436 e. The van der Waals surface area contributed by atoms with Gasteiger partial charge in [-0.05, 0) is 41.7 Å². The molecule has 3 rings (SSSR count). The van der Waals surface area contributed by atoms with Crippen LogP contribution in [0.15, 0.2) is 53.3 Å². The monoisotopic (exact) mass is 439 g/mol. The Labute approximate surface area is 186 Å². The minimum absolute atomic E-state index is 0.153. The molecule has 0 spiro atoms. The summed E-state index contributed by atoms with van der Waals surface area (Å²) in [6.45, 7) is 8.63. The number of nitrogens with zero attached hydrogens (tertiary/aromatic N) is 2. The SMILES string of the molecule is CC(C)COC(=O)Nc1ccc(Cn2c3ccccc3c(=O)n2C(=O)OCC(C)C)cc1. The molecule has 8 heteroatoms. The van der Waals surface area contributed by atoms with Crippen LogP contribution in [0.3, 0.4) is 0 Å². The predicted molar refractivity (Wildman–Crippen MR) is 123 cm³/mol. The summed E-state index contributed by atoms with van der Waals surface area (Å²) >= 11 is 0. The number of rotatable bonds is 7. The summed E-state index contributed by atoms with van der Waals surface area (Å²) in [5.74, 6) is 0.407. The number of amides is 1. The van der Waals surface area contributed by atoms with Crippen LogP contribution in [0.1, 0.15) is 33.3 Å². The van der Waals surface area contributed by atoms with E-state index in [1.165, 1.54) is 0 Å². The second-order valence-electron chi connectivity index (χ2n) is 8.48. The van der Waals surface area contributed by atoms with E-state index in [0.29, 0.717) is 23.2 Å². The minimum atomic E-state index is -0.703. The minimum Gasteiger partial charge on any atom is -0.449 e. The molecule has 0 aliphatic heterocycles. The van der Waals surface area contributed by atoms with Gasteiger partial charge in [-0.25, -0.2) is 9.59 Å². The van der Waals surface area contributed by atoms with E-state index in [1.807, 2.05) is 45.9 Å². The van der Waals surface area contributed by atoms with E-state index in [2.05, 4.69) is 5.32 Å². The van der Waals surface area contributed by atoms with Crippen molar-refractivity contribution < 1.29 is 19.1 Å². The van der Waals surface area contributed by atoms with E-state index in [9.17, 15) is 14.4 Å². The Morgan fingerprint density at radius 3 is 2.19 bits per heavy atom. The molecule has 0 saturated heterocycles. The highest BCUT2D eigenvalue weighted by Crippen LogP contribution is 2.16. The third kappa shape index (κ3) is 5.57. The van der Waals surface area contributed by atoms with Crippen molar-refractivity contribution in [2.45, 2.75) is 34.2 Å². The molecule has 0 fully saturated rings. The quantitative estimate of drug-likeness (QED) is 0.576. The molecule has 1 amide bonds. The van der Waals surface area contributed by atoms with E-state index >= 15 is 0 Å². The Morgan fingerprint density at radius 2 is 1.53 bits per heavy atom. The van der Waals surface area contributed by atoms with Crippen molar-refractivity contribution in [3.8, 4) is 0 Å². The molecule has 0 unspecified atom stereocenters. The Bertz CT molecular complexity index is 1140. The number of carbonyl (C=O) groups is 2. The number of carbonyl (C=O) groups excluding carboxylic acids is 2. The highest BCUT2D eigenvalue weighted by Gasteiger charge is 2.20. The number of benzene rings is 2. The lowest BCUT2D eigenvalue weighted by molar-refractivity contribution is 0.127. The Kier molecular flexibility index (Phi) is 7.35. The lowest BCUT2D eigenvalue weighted by Crippen LogP contribution is -2.32. The van der Waals surface area contributed by atoms with Crippen LogP contribution in [0.4, 0.5) is 15.3 Å². The first-order valence-electron chi connectivity index (χ1n) is 10.7. The van der Waals surface area contributed by atoms with Crippen LogP contribution < -0.4 is 10.9 Å². The first-order chi connectivity index (χ1) is 15.3. The van der Waals surface area contributed by atoms with Crippen LogP contribution in [0, 0.1) is 11.8 Å². The molecule has 0 aliphatic carbocycles. The number of para-hydroxylation sites is 1. The molecule has 1 heterocycles. The van der Waals surface area contributed by atoms with Crippen molar-refractivity contribution in [2.24, 2.45) is 11.8 Å². The van der Waals surface area contributed by atoms with Crippen LogP contribution in [0.2, 0.25) is 0 Å². The molecule has 1 N–H and O–H groups in total. The summed E-state index contributed by atoms with van der Waals surface area (Å²) in [5, 5.41) is 3.13. The third-order valence-electron chi connectivity index (χ3n) is 4.64. The van der Waals surface area contributed by atoms with Crippen molar-refractivity contribution >= 4 is 28.8 Å². The van der Waals surface area contributed by atoms with Gasteiger partial charge in [0.25, 0.3) is 5.56 Å². The summed E-state index contributed by atoms with van der Waals surface area (Å²) in [6, 6.07) is 14.2. The third-order valence-corrected chi connectivity index (χ3v) is 4.64. The number of fused-ring (bicyclic) bond motifs is 1. The van der Waals surface area contributed by atoms with E-state index in [1.54, 1.807) is 35.0 Å². The van der Waals surface area contributed by atoms with Gasteiger partial charge in [0.05, 0.1) is 30.7 Å². The Morgan fingerprint density at radius 1 is 0.906 bits per heavy atom. The fourth-order valence-electron chi connectivity index (χ4n) is 3.11. The van der Waals surface area contributed by atoms with Gasteiger partial charge in [0, 0.05) is 5.69 Å². The van der Waals surface area contributed by atoms with Crippen molar-refractivity contribution in [1.29, 1.82) is 0 Å². The second kappa shape index (κ2) is 10.2. The number of nitrogens with one attached hydrogen (secondary N) is 1. The van der Waals surface area contributed by atoms with Crippen LogP contribution in [-0.4, -0.2) is 34.8 Å². The summed E-state index contributed by atoms with van der Waals surface area (Å²) < 4.78 is 13.1. The maximum atomic E-state index is 12.9. The van der Waals surface area contributed by atoms with Crippen molar-refractivity contribution in [3.05, 3.63) is 64.4 Å². The number of hydrogen-bond donors (Lipinski definition) is 1. The molecule has 32 heavy (non-hydrogen) atoms. The van der Waals surface area contributed by atoms with Crippen LogP contribution in [0.25, 0.3) is 10.9 Å². The number of hydrogen-bond acceptors (Lipinski definition) is 5. The zero-order chi connectivity index (χ0) is 23.3. The highest BCUT2D eigenvalue weighted by molar-refractivity contribution is 5.85. The number of ether oxygens (including phenoxy) is 2. The van der Waals surface area contributed by atoms with Gasteiger partial charge in [0.15, 0.2) is 0 Å². The molecule has 8 nitrogen and oxygen atoms in total. The molecule has 1 aromatic heterocycles. The van der Waals surface area contributed by atoms with Crippen molar-refractivity contribution in [1.82, 2.24) is 9.36 Å². The van der Waals surface area contributed by atoms with Crippen molar-refractivity contribution in [2.75, 3.05) is 18.5 Å². The average molecular weight is 440 g/mol. The largest absolute Gasteiger partial charge is 0.449 e. The molecule has 0 radical (unpaired) electrons. The molecule has 0 bridgehead atoms. The summed E-state index contributed by atoms with van der Waals surface area (Å²) in [5.41, 5.74) is 1.66. The Balaban J connectivity index is 1.83. The van der Waals surface area contributed by atoms with Gasteiger partial charge in [-0.15, -0.1) is 4.68 Å². The molecule has 0 saturated carbocycles. The first kappa shape index (κ1) is 23.1. The van der Waals surface area contributed by atoms with Gasteiger partial charge in [0.2, 0.25) is 0 Å². The Hall–Kier alpha value is -3.55. The first-order valence-corrected chi connectivity index (χ1v) is 10.7. The normalized spacial score (nSPS) is 11.2. The molecule has 2 aromatic carbocycles. The van der Waals surface area contributed by atoms with Gasteiger partial charge < -0.3 is 9.47 Å². The standard InChI is InChI=1S/C24H29N3O5/c1-16(2)14-31-23(29)25-19-11-9-18(10-12-19)13-26-21-8-6-5-7-20(21)22(28)27(26)24(30)32-15-17(3)4/h5-12,16-17H,13-15H2,1-4H3,(H,25,29). The van der Waals surface area contributed by atoms with Crippen LogP contribution in [0.5, 0.6) is 0 Å². The maximum absolute atomic E-state index is 12.9. The molecule has 170 valence electrons. The maximum Gasteiger partial charge on any atom is 0.436 e. The van der Waals surface area contributed by atoms with Gasteiger partial charge >= 0.3 is 12.2 Å². The van der Waals surface area contributed by atoms with E-state index < -0.39 is 17.7 Å². The highest BCUT2D eigenvalue weighted by atomic mass is 16.6. The second-order valence-corrected chi connectivity index (χ2v) is 8.48. The topological polar surface area (TPSA) is 91.6 Å². The zero-order valence-electron chi connectivity index (χ0n) is 18.8. The molecule has 0 aliphatic rings. The van der Waals surface area contributed by atoms with Crippen LogP contribution >= 0.6 is 0 Å². The van der Waals surface area contributed by atoms with Crippen LogP contribution in [-0.2, 0) is 16.0 Å². The van der Waals surface area contributed by atoms with E-state index in [0.717, 1.165) is 10.2 Å². The molecule has 0 atom stereocenters. The van der Waals surface area contributed by atoms with E-state index in [4.69, 9.17) is 9.47 Å². The van der Waals surface area contributed by atoms with Crippen molar-refractivity contribution in [3.63, 3.8) is 0 Å². The lowest BCUT2D eigenvalue weighted by Gasteiger charge is -2.13. The predicted octanol–water partition coefficient (Wildman–Crippen LogP) is 4.70. The summed E-state index contributed by atoms with van der Waals surface area (Å²) in [4.78, 5) is 37.4. The van der Waals surface area contributed by atoms with E-state index in [-0.39, 0.29) is 25.0 Å². The zero-order valence-corrected chi connectivity index (χ0v) is 18.8. The van der Waals surface area contributed by atoms with Gasteiger partial charge in [-0.3, -0.25) is 14.8 Å². The molecule has 3 aromatic rings. The fourth-order valence-corrected chi connectivity index (χ4v) is 3.11. The average Bonchev–Trinajstić information content (AvgIpc) is 3.04. The summed E-state index contributed by atoms with van der Waals surface area (Å²) in [6.07, 6.45) is -1.21. The van der Waals surface area contributed by atoms with Gasteiger partial charge in [0.1, 0.15) is 0 Å². The van der Waals surface area contributed by atoms with Gasteiger partial charge in [-0.2, -0.15) is 0 Å².